The predicted molar refractivity (Wildman–Crippen MR) is 82.4 cm³/mol. The first kappa shape index (κ1) is 19.0. The highest BCUT2D eigenvalue weighted by Crippen LogP contribution is 2.31. The van der Waals surface area contributed by atoms with Crippen molar-refractivity contribution < 1.29 is 28.0 Å². The molecule has 0 saturated carbocycles. The molecule has 0 saturated heterocycles. The number of nitrogens with zero attached hydrogens (tertiary/aromatic N) is 4. The van der Waals surface area contributed by atoms with Gasteiger partial charge < -0.3 is 0 Å². The minimum absolute atomic E-state index is 0.0826. The summed E-state index contributed by atoms with van der Waals surface area (Å²) in [4.78, 5) is 30.8. The summed E-state index contributed by atoms with van der Waals surface area (Å²) in [5, 5.41) is 12.9. The number of carbonyl (C=O) groups is 2. The summed E-state index contributed by atoms with van der Waals surface area (Å²) in [6.07, 6.45) is -0.669. The first-order valence-corrected chi connectivity index (χ1v) is 6.97. The van der Waals surface area contributed by atoms with Crippen LogP contribution in [0.1, 0.15) is 32.0 Å². The van der Waals surface area contributed by atoms with Gasteiger partial charge in [0.15, 0.2) is 0 Å². The Bertz CT molecular complexity index is 837. The van der Waals surface area contributed by atoms with Crippen LogP contribution in [0.15, 0.2) is 41.9 Å². The molecule has 0 spiro atoms. The molecule has 11 heteroatoms. The Morgan fingerprint density at radius 1 is 1.27 bits per heavy atom. The molecule has 136 valence electrons. The Morgan fingerprint density at radius 3 is 2.58 bits per heavy atom. The summed E-state index contributed by atoms with van der Waals surface area (Å²) < 4.78 is 38.9. The maximum absolute atomic E-state index is 13.0. The largest absolute Gasteiger partial charge is 0.417 e. The molecule has 0 atom stereocenters. The molecule has 2 heterocycles. The molecule has 0 aliphatic rings. The second-order valence-electron chi connectivity index (χ2n) is 4.91. The predicted octanol–water partition coefficient (Wildman–Crippen LogP) is 1.72. The molecule has 2 rings (SSSR count). The maximum atomic E-state index is 13.0. The highest BCUT2D eigenvalue weighted by atomic mass is 19.4. The molecule has 2 N–H and O–H groups in total. The van der Waals surface area contributed by atoms with Crippen LogP contribution >= 0.6 is 0 Å². The number of alkyl halides is 3. The Kier molecular flexibility index (Phi) is 5.62. The normalized spacial score (nSPS) is 11.4. The number of amides is 2. The standard InChI is InChI=1S/C15H12F3N5O3/c1-23(14(25)11-8-19-5-4-12(11)15(16,17)18)21-7-10-3-2-9(6-20-10)13(24)22-26/h2-8,26H,1H3,(H,22,24)/b21-7+. The zero-order valence-electron chi connectivity index (χ0n) is 13.2. The number of pyridine rings is 2. The van der Waals surface area contributed by atoms with E-state index in [1.807, 2.05) is 0 Å². The summed E-state index contributed by atoms with van der Waals surface area (Å²) in [7, 11) is 1.18. The lowest BCUT2D eigenvalue weighted by molar-refractivity contribution is -0.138. The first-order chi connectivity index (χ1) is 12.2. The minimum atomic E-state index is -4.71. The van der Waals surface area contributed by atoms with Crippen LogP contribution in [0.5, 0.6) is 0 Å². The Morgan fingerprint density at radius 2 is 2.00 bits per heavy atom. The SMILES string of the molecule is CN(/N=C/c1ccc(C(=O)NO)cn1)C(=O)c1cnccc1C(F)(F)F. The molecule has 2 aromatic rings. The lowest BCUT2D eigenvalue weighted by atomic mass is 10.1. The zero-order valence-corrected chi connectivity index (χ0v) is 13.2. The number of hydrogen-bond donors (Lipinski definition) is 2. The van der Waals surface area contributed by atoms with E-state index in [1.54, 1.807) is 0 Å². The van der Waals surface area contributed by atoms with Crippen molar-refractivity contribution in [1.82, 2.24) is 20.5 Å². The topological polar surface area (TPSA) is 108 Å². The van der Waals surface area contributed by atoms with Gasteiger partial charge >= 0.3 is 6.18 Å². The summed E-state index contributed by atoms with van der Waals surface area (Å²) in [5.41, 5.74) is 0.00787. The summed E-state index contributed by atoms with van der Waals surface area (Å²) in [5.74, 6) is -1.76. The van der Waals surface area contributed by atoms with Gasteiger partial charge in [-0.15, -0.1) is 0 Å². The lowest BCUT2D eigenvalue weighted by Crippen LogP contribution is -2.25. The fourth-order valence-electron chi connectivity index (χ4n) is 1.87. The van der Waals surface area contributed by atoms with Crippen LogP contribution in [-0.2, 0) is 6.18 Å². The van der Waals surface area contributed by atoms with Gasteiger partial charge in [-0.3, -0.25) is 24.8 Å². The van der Waals surface area contributed by atoms with Crippen LogP contribution in [-0.4, -0.2) is 45.3 Å². The fourth-order valence-corrected chi connectivity index (χ4v) is 1.87. The smallest absolute Gasteiger partial charge is 0.288 e. The second kappa shape index (κ2) is 7.70. The van der Waals surface area contributed by atoms with Crippen LogP contribution in [0.4, 0.5) is 13.2 Å². The molecule has 2 amide bonds. The van der Waals surface area contributed by atoms with E-state index in [0.29, 0.717) is 11.1 Å². The third kappa shape index (κ3) is 4.39. The van der Waals surface area contributed by atoms with E-state index in [0.717, 1.165) is 24.8 Å². The maximum Gasteiger partial charge on any atom is 0.417 e. The van der Waals surface area contributed by atoms with Crippen molar-refractivity contribution in [3.63, 3.8) is 0 Å². The Labute approximate surface area is 144 Å². The van der Waals surface area contributed by atoms with Crippen molar-refractivity contribution in [2.45, 2.75) is 6.18 Å². The molecule has 0 fully saturated rings. The highest BCUT2D eigenvalue weighted by Gasteiger charge is 2.35. The molecular formula is C15H12F3N5O3. The van der Waals surface area contributed by atoms with E-state index in [2.05, 4.69) is 15.1 Å². The fraction of sp³-hybridized carbons (Fsp3) is 0.133. The minimum Gasteiger partial charge on any atom is -0.288 e. The van der Waals surface area contributed by atoms with Crippen molar-refractivity contribution in [2.24, 2.45) is 5.10 Å². The molecule has 2 aromatic heterocycles. The number of rotatable bonds is 4. The van der Waals surface area contributed by atoms with Gasteiger partial charge in [-0.1, -0.05) is 0 Å². The molecule has 26 heavy (non-hydrogen) atoms. The Balaban J connectivity index is 2.17. The highest BCUT2D eigenvalue weighted by molar-refractivity contribution is 5.96. The van der Waals surface area contributed by atoms with E-state index in [1.165, 1.54) is 24.7 Å². The lowest BCUT2D eigenvalue weighted by Gasteiger charge is -2.15. The molecule has 0 unspecified atom stereocenters. The van der Waals surface area contributed by atoms with E-state index < -0.39 is 29.1 Å². The van der Waals surface area contributed by atoms with Gasteiger partial charge in [0, 0.05) is 25.6 Å². The monoisotopic (exact) mass is 367 g/mol. The van der Waals surface area contributed by atoms with Crippen molar-refractivity contribution >= 4 is 18.0 Å². The third-order valence-electron chi connectivity index (χ3n) is 3.16. The average Bonchev–Trinajstić information content (AvgIpc) is 2.64. The van der Waals surface area contributed by atoms with Crippen LogP contribution < -0.4 is 5.48 Å². The van der Waals surface area contributed by atoms with Crippen LogP contribution in [0.2, 0.25) is 0 Å². The van der Waals surface area contributed by atoms with Crippen LogP contribution in [0, 0.1) is 0 Å². The van der Waals surface area contributed by atoms with Crippen LogP contribution in [0.3, 0.4) is 0 Å². The summed E-state index contributed by atoms with van der Waals surface area (Å²) in [6.45, 7) is 0. The Hall–Kier alpha value is -3.34. The molecule has 0 radical (unpaired) electrons. The number of halogens is 3. The van der Waals surface area contributed by atoms with Gasteiger partial charge in [0.2, 0.25) is 0 Å². The quantitative estimate of drug-likeness (QED) is 0.486. The van der Waals surface area contributed by atoms with Crippen molar-refractivity contribution in [2.75, 3.05) is 7.05 Å². The molecule has 0 bridgehead atoms. The van der Waals surface area contributed by atoms with E-state index in [4.69, 9.17) is 5.21 Å². The van der Waals surface area contributed by atoms with E-state index in [-0.39, 0.29) is 11.3 Å². The first-order valence-electron chi connectivity index (χ1n) is 6.97. The average molecular weight is 367 g/mol. The van der Waals surface area contributed by atoms with Gasteiger partial charge in [0.05, 0.1) is 28.6 Å². The van der Waals surface area contributed by atoms with Crippen molar-refractivity contribution in [3.05, 3.63) is 59.2 Å². The van der Waals surface area contributed by atoms with Crippen molar-refractivity contribution in [3.8, 4) is 0 Å². The number of hydrogen-bond acceptors (Lipinski definition) is 6. The number of nitrogens with one attached hydrogen (secondary N) is 1. The number of aromatic nitrogens is 2. The number of hydroxylamine groups is 1. The number of carbonyl (C=O) groups excluding carboxylic acids is 2. The molecule has 0 aliphatic carbocycles. The third-order valence-corrected chi connectivity index (χ3v) is 3.16. The number of hydrazone groups is 1. The molecule has 8 nitrogen and oxygen atoms in total. The van der Waals surface area contributed by atoms with Gasteiger partial charge in [-0.05, 0) is 18.2 Å². The van der Waals surface area contributed by atoms with E-state index in [9.17, 15) is 22.8 Å². The van der Waals surface area contributed by atoms with Crippen molar-refractivity contribution in [1.29, 1.82) is 0 Å². The van der Waals surface area contributed by atoms with Gasteiger partial charge in [0.25, 0.3) is 11.8 Å². The van der Waals surface area contributed by atoms with Crippen LogP contribution in [0.25, 0.3) is 0 Å². The molecular weight excluding hydrogens is 355 g/mol. The van der Waals surface area contributed by atoms with Gasteiger partial charge in [-0.2, -0.15) is 18.3 Å². The van der Waals surface area contributed by atoms with E-state index >= 15 is 0 Å². The summed E-state index contributed by atoms with van der Waals surface area (Å²) in [6, 6.07) is 3.42. The second-order valence-corrected chi connectivity index (χ2v) is 4.91. The zero-order chi connectivity index (χ0) is 19.3. The van der Waals surface area contributed by atoms with Gasteiger partial charge in [0.1, 0.15) is 0 Å². The van der Waals surface area contributed by atoms with Gasteiger partial charge in [-0.25, -0.2) is 10.5 Å². The molecule has 0 aromatic carbocycles. The summed E-state index contributed by atoms with van der Waals surface area (Å²) >= 11 is 0. The molecule has 0 aliphatic heterocycles.